The van der Waals surface area contributed by atoms with Crippen molar-refractivity contribution in [1.29, 1.82) is 0 Å². The summed E-state index contributed by atoms with van der Waals surface area (Å²) in [5.41, 5.74) is 1.76. The van der Waals surface area contributed by atoms with E-state index in [2.05, 4.69) is 45.1 Å². The van der Waals surface area contributed by atoms with E-state index >= 15 is 0 Å². The summed E-state index contributed by atoms with van der Waals surface area (Å²) in [5.74, 6) is 0.316. The Morgan fingerprint density at radius 1 is 1.00 bits per heavy atom. The molecule has 6 rings (SSSR count). The van der Waals surface area contributed by atoms with Crippen molar-refractivity contribution in [3.63, 3.8) is 0 Å². The highest BCUT2D eigenvalue weighted by Gasteiger charge is 2.48. The van der Waals surface area contributed by atoms with Crippen molar-refractivity contribution < 1.29 is 22.7 Å². The molecule has 2 N–H and O–H groups in total. The van der Waals surface area contributed by atoms with Crippen molar-refractivity contribution >= 4 is 17.1 Å². The van der Waals surface area contributed by atoms with Crippen molar-refractivity contribution in [3.8, 4) is 0 Å². The van der Waals surface area contributed by atoms with E-state index in [1.165, 1.54) is 6.07 Å². The number of fused-ring (bicyclic) bond motifs is 2. The van der Waals surface area contributed by atoms with Crippen LogP contribution in [0.4, 0.5) is 13.2 Å². The SMILES string of the molecule is CCC1CC(=O)CC(c2cn(C)nn2)N1.CCC1CC2(CC(c3cn(C)nn3)N1)OCCc1cc(C(F)(F)F)sc12. The molecule has 3 aliphatic rings. The Hall–Kier alpha value is -2.68. The minimum atomic E-state index is -4.31. The van der Waals surface area contributed by atoms with Gasteiger partial charge in [-0.25, -0.2) is 0 Å². The number of aryl methyl sites for hydroxylation is 2. The number of hydrogen-bond donors (Lipinski definition) is 2. The lowest BCUT2D eigenvalue weighted by Gasteiger charge is -2.46. The molecule has 0 aromatic carbocycles. The molecule has 3 aromatic heterocycles. The lowest BCUT2D eigenvalue weighted by molar-refractivity contribution is -0.134. The summed E-state index contributed by atoms with van der Waals surface area (Å²) in [6.07, 6.45) is 4.19. The van der Waals surface area contributed by atoms with Crippen molar-refractivity contribution in [2.75, 3.05) is 6.61 Å². The van der Waals surface area contributed by atoms with E-state index in [-0.39, 0.29) is 18.1 Å². The van der Waals surface area contributed by atoms with E-state index < -0.39 is 16.7 Å². The summed E-state index contributed by atoms with van der Waals surface area (Å²) in [5, 5.41) is 23.1. The molecular weight excluding hydrogens is 557 g/mol. The molecule has 5 unspecified atom stereocenters. The first kappa shape index (κ1) is 29.8. The third-order valence-corrected chi connectivity index (χ3v) is 9.49. The van der Waals surface area contributed by atoms with Gasteiger partial charge < -0.3 is 15.4 Å². The van der Waals surface area contributed by atoms with Gasteiger partial charge in [-0.15, -0.1) is 21.5 Å². The summed E-state index contributed by atoms with van der Waals surface area (Å²) in [4.78, 5) is 11.7. The van der Waals surface area contributed by atoms with Crippen molar-refractivity contribution in [1.82, 2.24) is 40.6 Å². The summed E-state index contributed by atoms with van der Waals surface area (Å²) in [6.45, 7) is 4.61. The number of halogens is 3. The zero-order valence-electron chi connectivity index (χ0n) is 23.7. The van der Waals surface area contributed by atoms with Crippen LogP contribution in [0, 0.1) is 0 Å². The first-order chi connectivity index (χ1) is 19.5. The Labute approximate surface area is 241 Å². The molecule has 3 aliphatic heterocycles. The van der Waals surface area contributed by atoms with Gasteiger partial charge in [0.2, 0.25) is 0 Å². The third-order valence-electron chi connectivity index (χ3n) is 8.08. The number of carbonyl (C=O) groups excluding carboxylic acids is 1. The van der Waals surface area contributed by atoms with Crippen LogP contribution in [0.15, 0.2) is 18.5 Å². The van der Waals surface area contributed by atoms with Gasteiger partial charge in [-0.2, -0.15) is 13.2 Å². The number of hydrogen-bond acceptors (Lipinski definition) is 9. The number of Topliss-reactive ketones (excluding diaryl/α,β-unsaturated/α-hetero) is 1. The number of ether oxygens (including phenoxy) is 1. The van der Waals surface area contributed by atoms with Gasteiger partial charge in [0, 0.05) is 62.7 Å². The third kappa shape index (κ3) is 6.55. The molecule has 10 nitrogen and oxygen atoms in total. The molecule has 0 bridgehead atoms. The van der Waals surface area contributed by atoms with Crippen molar-refractivity contribution in [3.05, 3.63) is 45.2 Å². The molecular formula is C27H37F3N8O2S. The summed E-state index contributed by atoms with van der Waals surface area (Å²) >= 11 is 0.844. The van der Waals surface area contributed by atoms with Gasteiger partial charge in [0.1, 0.15) is 22.0 Å². The van der Waals surface area contributed by atoms with E-state index in [4.69, 9.17) is 4.74 Å². The number of aromatic nitrogens is 6. The number of rotatable bonds is 4. The summed E-state index contributed by atoms with van der Waals surface area (Å²) < 4.78 is 49.3. The van der Waals surface area contributed by atoms with E-state index in [0.717, 1.165) is 46.0 Å². The highest BCUT2D eigenvalue weighted by atomic mass is 32.1. The normalized spacial score (nSPS) is 28.3. The predicted molar refractivity (Wildman–Crippen MR) is 146 cm³/mol. The standard InChI is InChI=1S/C17H21F3N4OS.C10H16N4O/c1-3-11-7-16(8-12(21-11)13-9-24(2)23-22-13)15-10(4-5-25-16)6-14(26-15)17(18,19)20;1-3-7-4-8(15)5-9(11-7)10-6-14(2)13-12-10/h6,9,11-12,21H,3-5,7-8H2,1-2H3;6-7,9,11H,3-5H2,1-2H3. The van der Waals surface area contributed by atoms with Crippen LogP contribution >= 0.6 is 11.3 Å². The number of carbonyl (C=O) groups is 1. The van der Waals surface area contributed by atoms with Gasteiger partial charge in [-0.1, -0.05) is 24.3 Å². The molecule has 0 radical (unpaired) electrons. The van der Waals surface area contributed by atoms with Gasteiger partial charge in [0.05, 0.1) is 24.4 Å². The topological polar surface area (TPSA) is 112 Å². The molecule has 1 spiro atoms. The molecule has 14 heteroatoms. The Bertz CT molecular complexity index is 1350. The lowest BCUT2D eigenvalue weighted by atomic mass is 9.78. The fraction of sp³-hybridized carbons (Fsp3) is 0.667. The van der Waals surface area contributed by atoms with Gasteiger partial charge in [0.15, 0.2) is 0 Å². The predicted octanol–water partition coefficient (Wildman–Crippen LogP) is 4.15. The number of nitrogens with one attached hydrogen (secondary N) is 2. The maximum Gasteiger partial charge on any atom is 0.425 e. The number of piperidine rings is 2. The highest BCUT2D eigenvalue weighted by Crippen LogP contribution is 2.51. The largest absolute Gasteiger partial charge is 0.425 e. The number of nitrogens with zero attached hydrogens (tertiary/aromatic N) is 6. The second kappa shape index (κ2) is 11.9. The summed E-state index contributed by atoms with van der Waals surface area (Å²) in [7, 11) is 3.63. The quantitative estimate of drug-likeness (QED) is 0.464. The van der Waals surface area contributed by atoms with Crippen LogP contribution in [0.25, 0.3) is 0 Å². The molecule has 41 heavy (non-hydrogen) atoms. The minimum Gasteiger partial charge on any atom is -0.369 e. The summed E-state index contributed by atoms with van der Waals surface area (Å²) in [6, 6.07) is 1.70. The van der Waals surface area contributed by atoms with Crippen LogP contribution in [0.2, 0.25) is 0 Å². The smallest absolute Gasteiger partial charge is 0.369 e. The van der Waals surface area contributed by atoms with Crippen LogP contribution in [0.1, 0.15) is 91.2 Å². The van der Waals surface area contributed by atoms with Crippen molar-refractivity contribution in [2.45, 2.75) is 94.7 Å². The molecule has 0 saturated carbocycles. The molecule has 3 aromatic rings. The average Bonchev–Trinajstić information content (AvgIpc) is 3.68. The van der Waals surface area contributed by atoms with Crippen LogP contribution in [-0.2, 0) is 41.8 Å². The maximum atomic E-state index is 13.3. The van der Waals surface area contributed by atoms with Gasteiger partial charge in [-0.3, -0.25) is 14.2 Å². The van der Waals surface area contributed by atoms with Crippen LogP contribution < -0.4 is 10.6 Å². The van der Waals surface area contributed by atoms with E-state index in [9.17, 15) is 18.0 Å². The molecule has 2 fully saturated rings. The van der Waals surface area contributed by atoms with Crippen molar-refractivity contribution in [2.24, 2.45) is 14.1 Å². The molecule has 0 aliphatic carbocycles. The maximum absolute atomic E-state index is 13.3. The fourth-order valence-electron chi connectivity index (χ4n) is 6.02. The molecule has 224 valence electrons. The first-order valence-corrected chi connectivity index (χ1v) is 14.9. The van der Waals surface area contributed by atoms with Crippen LogP contribution in [-0.4, -0.2) is 54.5 Å². The lowest BCUT2D eigenvalue weighted by Crippen LogP contribution is -2.50. The van der Waals surface area contributed by atoms with Gasteiger partial charge >= 0.3 is 6.18 Å². The van der Waals surface area contributed by atoms with Gasteiger partial charge in [0.25, 0.3) is 0 Å². The number of thiophene rings is 1. The highest BCUT2D eigenvalue weighted by molar-refractivity contribution is 7.12. The monoisotopic (exact) mass is 594 g/mol. The van der Waals surface area contributed by atoms with E-state index in [0.29, 0.717) is 50.5 Å². The Balaban J connectivity index is 0.000000191. The first-order valence-electron chi connectivity index (χ1n) is 14.1. The fourth-order valence-corrected chi connectivity index (χ4v) is 7.26. The average molecular weight is 595 g/mol. The van der Waals surface area contributed by atoms with Gasteiger partial charge in [-0.05, 0) is 37.3 Å². The minimum absolute atomic E-state index is 0.0462. The zero-order valence-corrected chi connectivity index (χ0v) is 24.6. The number of ketones is 1. The van der Waals surface area contributed by atoms with E-state index in [1.807, 2.05) is 19.4 Å². The number of alkyl halides is 3. The Morgan fingerprint density at radius 2 is 1.63 bits per heavy atom. The molecule has 0 amide bonds. The molecule has 6 heterocycles. The second-order valence-corrected chi connectivity index (χ2v) is 12.2. The molecule has 2 saturated heterocycles. The Morgan fingerprint density at radius 3 is 2.22 bits per heavy atom. The molecule has 5 atom stereocenters. The Kier molecular flexibility index (Phi) is 8.65. The zero-order chi connectivity index (χ0) is 29.4. The van der Waals surface area contributed by atoms with E-state index in [1.54, 1.807) is 16.4 Å². The second-order valence-electron chi connectivity index (χ2n) is 11.2. The van der Waals surface area contributed by atoms with Crippen LogP contribution in [0.3, 0.4) is 0 Å². The van der Waals surface area contributed by atoms with Crippen LogP contribution in [0.5, 0.6) is 0 Å².